The number of nitriles is 1. The molecule has 0 aromatic heterocycles. The van der Waals surface area contributed by atoms with Crippen molar-refractivity contribution in [1.29, 1.82) is 5.26 Å². The first-order valence-corrected chi connectivity index (χ1v) is 8.54. The van der Waals surface area contributed by atoms with Gasteiger partial charge in [0.05, 0.1) is 5.56 Å². The van der Waals surface area contributed by atoms with Crippen molar-refractivity contribution in [1.82, 2.24) is 0 Å². The van der Waals surface area contributed by atoms with Gasteiger partial charge in [-0.2, -0.15) is 5.26 Å². The maximum absolute atomic E-state index is 12.7. The van der Waals surface area contributed by atoms with Crippen molar-refractivity contribution in [3.05, 3.63) is 23.8 Å². The van der Waals surface area contributed by atoms with Crippen LogP contribution in [-0.4, -0.2) is 24.1 Å². The lowest BCUT2D eigenvalue weighted by Crippen LogP contribution is -2.43. The lowest BCUT2D eigenvalue weighted by molar-refractivity contribution is -0.140. The van der Waals surface area contributed by atoms with E-state index in [1.165, 1.54) is 19.1 Å². The summed E-state index contributed by atoms with van der Waals surface area (Å²) in [7, 11) is 0. The molecule has 0 heterocycles. The summed E-state index contributed by atoms with van der Waals surface area (Å²) in [4.78, 5) is 23.8. The van der Waals surface area contributed by atoms with Crippen LogP contribution in [0.4, 0.5) is 5.69 Å². The molecule has 25 heavy (non-hydrogen) atoms. The van der Waals surface area contributed by atoms with Crippen LogP contribution in [0.1, 0.15) is 58.9 Å². The Bertz CT molecular complexity index is 641. The Morgan fingerprint density at radius 1 is 1.28 bits per heavy atom. The highest BCUT2D eigenvalue weighted by Gasteiger charge is 2.33. The molecule has 0 radical (unpaired) electrons. The second-order valence-corrected chi connectivity index (χ2v) is 6.05. The second kappa shape index (κ2) is 9.80. The molecule has 1 aromatic rings. The molecule has 0 fully saturated rings. The Morgan fingerprint density at radius 3 is 2.56 bits per heavy atom. The van der Waals surface area contributed by atoms with E-state index in [0.29, 0.717) is 18.7 Å². The van der Waals surface area contributed by atoms with Crippen molar-refractivity contribution in [2.24, 2.45) is 0 Å². The normalized spacial score (nSPS) is 12.8. The van der Waals surface area contributed by atoms with Gasteiger partial charge in [-0.3, -0.25) is 9.59 Å². The van der Waals surface area contributed by atoms with Gasteiger partial charge in [-0.25, -0.2) is 0 Å². The minimum atomic E-state index is -0.923. The Morgan fingerprint density at radius 2 is 2.00 bits per heavy atom. The van der Waals surface area contributed by atoms with E-state index in [0.717, 1.165) is 19.3 Å². The van der Waals surface area contributed by atoms with Crippen LogP contribution in [0, 0.1) is 11.3 Å². The highest BCUT2D eigenvalue weighted by Crippen LogP contribution is 2.25. The first kappa shape index (κ1) is 20.7. The van der Waals surface area contributed by atoms with Crippen LogP contribution in [-0.2, 0) is 14.3 Å². The van der Waals surface area contributed by atoms with Gasteiger partial charge in [0.1, 0.15) is 17.4 Å². The van der Waals surface area contributed by atoms with Crippen molar-refractivity contribution in [2.45, 2.75) is 59.0 Å². The number of anilines is 1. The number of unbranched alkanes of at least 4 members (excludes halogenated alkanes) is 1. The number of ether oxygens (including phenoxy) is 2. The zero-order valence-electron chi connectivity index (χ0n) is 15.3. The maximum Gasteiger partial charge on any atom is 0.308 e. The van der Waals surface area contributed by atoms with E-state index in [-0.39, 0.29) is 17.2 Å². The number of benzene rings is 1. The predicted octanol–water partition coefficient (Wildman–Crippen LogP) is 3.80. The van der Waals surface area contributed by atoms with E-state index >= 15 is 0 Å². The average Bonchev–Trinajstić information content (AvgIpc) is 2.58. The summed E-state index contributed by atoms with van der Waals surface area (Å²) < 4.78 is 10.8. The molecular weight excluding hydrogens is 320 g/mol. The van der Waals surface area contributed by atoms with Crippen molar-refractivity contribution < 1.29 is 19.1 Å². The molecular formula is C19H26N2O4. The molecule has 0 aliphatic heterocycles. The SMILES string of the molecule is CCCC[C@](C)(OCCC)C(=O)Nc1ccc(OC(C)=O)c(C#N)c1. The first-order valence-electron chi connectivity index (χ1n) is 8.54. The van der Waals surface area contributed by atoms with Crippen molar-refractivity contribution >= 4 is 17.6 Å². The van der Waals surface area contributed by atoms with Gasteiger partial charge >= 0.3 is 5.97 Å². The van der Waals surface area contributed by atoms with Crippen molar-refractivity contribution in [2.75, 3.05) is 11.9 Å². The average molecular weight is 346 g/mol. The molecule has 0 bridgehead atoms. The second-order valence-electron chi connectivity index (χ2n) is 6.05. The van der Waals surface area contributed by atoms with E-state index in [1.807, 2.05) is 13.0 Å². The number of carbonyl (C=O) groups is 2. The van der Waals surface area contributed by atoms with E-state index < -0.39 is 11.6 Å². The number of nitrogens with one attached hydrogen (secondary N) is 1. The summed E-state index contributed by atoms with van der Waals surface area (Å²) in [6.45, 7) is 7.60. The molecule has 0 saturated heterocycles. The standard InChI is InChI=1S/C19H26N2O4/c1-5-7-10-19(4,24-11-6-2)18(23)21-16-8-9-17(25-14(3)22)15(12-16)13-20/h8-9,12H,5-7,10-11H2,1-4H3,(H,21,23)/t19-/m0/s1. The molecule has 0 unspecified atom stereocenters. The fraction of sp³-hybridized carbons (Fsp3) is 0.526. The quantitative estimate of drug-likeness (QED) is 0.543. The molecule has 6 heteroatoms. The molecule has 0 spiro atoms. The first-order chi connectivity index (χ1) is 11.9. The van der Waals surface area contributed by atoms with E-state index in [1.54, 1.807) is 13.0 Å². The number of hydrogen-bond donors (Lipinski definition) is 1. The van der Waals surface area contributed by atoms with Crippen LogP contribution in [0.2, 0.25) is 0 Å². The van der Waals surface area contributed by atoms with Crippen molar-refractivity contribution in [3.8, 4) is 11.8 Å². The predicted molar refractivity (Wildman–Crippen MR) is 95.3 cm³/mol. The Labute approximate surface area is 149 Å². The molecule has 1 rings (SSSR count). The van der Waals surface area contributed by atoms with Gasteiger partial charge in [0.25, 0.3) is 5.91 Å². The Hall–Kier alpha value is -2.39. The molecule has 0 aliphatic rings. The highest BCUT2D eigenvalue weighted by atomic mass is 16.5. The van der Waals surface area contributed by atoms with Crippen LogP contribution in [0.5, 0.6) is 5.75 Å². The van der Waals surface area contributed by atoms with Crippen LogP contribution in [0.3, 0.4) is 0 Å². The zero-order chi connectivity index (χ0) is 18.9. The van der Waals surface area contributed by atoms with Gasteiger partial charge in [0.2, 0.25) is 0 Å². The number of amides is 1. The summed E-state index contributed by atoms with van der Waals surface area (Å²) in [5.74, 6) is -0.587. The summed E-state index contributed by atoms with van der Waals surface area (Å²) in [6.07, 6.45) is 3.28. The lowest BCUT2D eigenvalue weighted by Gasteiger charge is -2.28. The molecule has 0 aliphatic carbocycles. The molecule has 1 atom stereocenters. The zero-order valence-corrected chi connectivity index (χ0v) is 15.3. The molecule has 1 N–H and O–H groups in total. The molecule has 6 nitrogen and oxygen atoms in total. The Kier molecular flexibility index (Phi) is 8.09. The third-order valence-electron chi connectivity index (χ3n) is 3.72. The molecule has 136 valence electrons. The monoisotopic (exact) mass is 346 g/mol. The number of rotatable bonds is 9. The Balaban J connectivity index is 2.95. The maximum atomic E-state index is 12.7. The lowest BCUT2D eigenvalue weighted by atomic mass is 9.97. The van der Waals surface area contributed by atoms with Gasteiger partial charge in [-0.15, -0.1) is 0 Å². The summed E-state index contributed by atoms with van der Waals surface area (Å²) in [6, 6.07) is 6.53. The number of esters is 1. The van der Waals surface area contributed by atoms with Crippen LogP contribution in [0.25, 0.3) is 0 Å². The molecule has 1 amide bonds. The topological polar surface area (TPSA) is 88.4 Å². The summed E-state index contributed by atoms with van der Waals surface area (Å²) in [5, 5.41) is 12.0. The van der Waals surface area contributed by atoms with Gasteiger partial charge in [0.15, 0.2) is 0 Å². The highest BCUT2D eigenvalue weighted by molar-refractivity contribution is 5.97. The number of carbonyl (C=O) groups excluding carboxylic acids is 2. The molecule has 1 aromatic carbocycles. The van der Waals surface area contributed by atoms with Crippen LogP contribution in [0.15, 0.2) is 18.2 Å². The summed E-state index contributed by atoms with van der Waals surface area (Å²) >= 11 is 0. The fourth-order valence-corrected chi connectivity index (χ4v) is 2.29. The number of hydrogen-bond acceptors (Lipinski definition) is 5. The largest absolute Gasteiger partial charge is 0.425 e. The van der Waals surface area contributed by atoms with Crippen LogP contribution < -0.4 is 10.1 Å². The van der Waals surface area contributed by atoms with E-state index in [2.05, 4.69) is 12.2 Å². The van der Waals surface area contributed by atoms with Gasteiger partial charge in [0, 0.05) is 19.2 Å². The third-order valence-corrected chi connectivity index (χ3v) is 3.72. The summed E-state index contributed by atoms with van der Waals surface area (Å²) in [5.41, 5.74) is -0.286. The third kappa shape index (κ3) is 6.20. The van der Waals surface area contributed by atoms with Gasteiger partial charge < -0.3 is 14.8 Å². The van der Waals surface area contributed by atoms with Crippen LogP contribution >= 0.6 is 0 Å². The van der Waals surface area contributed by atoms with E-state index in [9.17, 15) is 14.9 Å². The minimum absolute atomic E-state index is 0.170. The molecule has 0 saturated carbocycles. The van der Waals surface area contributed by atoms with E-state index in [4.69, 9.17) is 9.47 Å². The van der Waals surface area contributed by atoms with Gasteiger partial charge in [-0.05, 0) is 38.0 Å². The van der Waals surface area contributed by atoms with Crippen molar-refractivity contribution in [3.63, 3.8) is 0 Å². The minimum Gasteiger partial charge on any atom is -0.425 e. The smallest absolute Gasteiger partial charge is 0.308 e. The van der Waals surface area contributed by atoms with Gasteiger partial charge in [-0.1, -0.05) is 26.7 Å². The number of nitrogens with zero attached hydrogens (tertiary/aromatic N) is 1. The fourth-order valence-electron chi connectivity index (χ4n) is 2.29.